The van der Waals surface area contributed by atoms with E-state index in [-0.39, 0.29) is 5.78 Å². The second-order valence-electron chi connectivity index (χ2n) is 4.05. The van der Waals surface area contributed by atoms with E-state index in [0.29, 0.717) is 0 Å². The van der Waals surface area contributed by atoms with Gasteiger partial charge in [-0.25, -0.2) is 0 Å². The zero-order valence-corrected chi connectivity index (χ0v) is 8.51. The Kier molecular flexibility index (Phi) is 3.65. The molecule has 0 aromatic carbocycles. The maximum absolute atomic E-state index is 11.5. The first-order valence-electron chi connectivity index (χ1n) is 4.16. The average molecular weight is 170 g/mol. The standard InChI is InChI=1S/C10H18O2/c1-6-7(2)8(11)9(12)10(3,4)5/h6,8,11H,1-5H3/b7-6+. The van der Waals surface area contributed by atoms with Crippen molar-refractivity contribution in [2.75, 3.05) is 0 Å². The number of ketones is 1. The number of hydrogen-bond acceptors (Lipinski definition) is 2. The van der Waals surface area contributed by atoms with Crippen LogP contribution in [0.5, 0.6) is 0 Å². The first-order valence-corrected chi connectivity index (χ1v) is 4.16. The van der Waals surface area contributed by atoms with Gasteiger partial charge in [0, 0.05) is 5.41 Å². The van der Waals surface area contributed by atoms with E-state index in [4.69, 9.17) is 0 Å². The van der Waals surface area contributed by atoms with E-state index in [0.717, 1.165) is 5.57 Å². The van der Waals surface area contributed by atoms with Crippen molar-refractivity contribution < 1.29 is 9.90 Å². The third-order valence-electron chi connectivity index (χ3n) is 1.87. The minimum Gasteiger partial charge on any atom is -0.381 e. The molecule has 0 radical (unpaired) electrons. The molecule has 0 spiro atoms. The summed E-state index contributed by atoms with van der Waals surface area (Å²) < 4.78 is 0. The summed E-state index contributed by atoms with van der Waals surface area (Å²) in [7, 11) is 0. The van der Waals surface area contributed by atoms with Crippen LogP contribution in [0, 0.1) is 5.41 Å². The molecule has 2 nitrogen and oxygen atoms in total. The molecule has 0 bridgehead atoms. The smallest absolute Gasteiger partial charge is 0.170 e. The van der Waals surface area contributed by atoms with E-state index in [9.17, 15) is 9.90 Å². The predicted octanol–water partition coefficient (Wildman–Crippen LogP) is 1.93. The first kappa shape index (κ1) is 11.4. The Morgan fingerprint density at radius 2 is 1.83 bits per heavy atom. The molecule has 0 rings (SSSR count). The maximum atomic E-state index is 11.5. The molecule has 0 aliphatic rings. The van der Waals surface area contributed by atoms with Gasteiger partial charge in [0.1, 0.15) is 6.10 Å². The van der Waals surface area contributed by atoms with Crippen LogP contribution < -0.4 is 0 Å². The fourth-order valence-electron chi connectivity index (χ4n) is 0.775. The molecular weight excluding hydrogens is 152 g/mol. The molecule has 70 valence electrons. The third-order valence-corrected chi connectivity index (χ3v) is 1.87. The highest BCUT2D eigenvalue weighted by atomic mass is 16.3. The van der Waals surface area contributed by atoms with E-state index >= 15 is 0 Å². The number of rotatable bonds is 2. The van der Waals surface area contributed by atoms with Crippen molar-refractivity contribution in [3.63, 3.8) is 0 Å². The topological polar surface area (TPSA) is 37.3 Å². The molecule has 0 saturated heterocycles. The van der Waals surface area contributed by atoms with E-state index < -0.39 is 11.5 Å². The van der Waals surface area contributed by atoms with Gasteiger partial charge in [0.25, 0.3) is 0 Å². The van der Waals surface area contributed by atoms with Crippen LogP contribution in [0.2, 0.25) is 0 Å². The summed E-state index contributed by atoms with van der Waals surface area (Å²) in [6.45, 7) is 8.99. The largest absolute Gasteiger partial charge is 0.381 e. The molecule has 1 N–H and O–H groups in total. The predicted molar refractivity (Wildman–Crippen MR) is 49.9 cm³/mol. The van der Waals surface area contributed by atoms with Gasteiger partial charge < -0.3 is 5.11 Å². The Morgan fingerprint density at radius 1 is 1.42 bits per heavy atom. The Morgan fingerprint density at radius 3 is 2.08 bits per heavy atom. The van der Waals surface area contributed by atoms with Crippen LogP contribution in [0.1, 0.15) is 34.6 Å². The van der Waals surface area contributed by atoms with Crippen molar-refractivity contribution in [1.82, 2.24) is 0 Å². The van der Waals surface area contributed by atoms with Gasteiger partial charge in [0.2, 0.25) is 0 Å². The monoisotopic (exact) mass is 170 g/mol. The fraction of sp³-hybridized carbons (Fsp3) is 0.700. The molecule has 0 aromatic heterocycles. The van der Waals surface area contributed by atoms with E-state index in [1.165, 1.54) is 0 Å². The summed E-state index contributed by atoms with van der Waals surface area (Å²) in [5.41, 5.74) is 0.249. The van der Waals surface area contributed by atoms with Crippen molar-refractivity contribution in [3.05, 3.63) is 11.6 Å². The van der Waals surface area contributed by atoms with Crippen LogP contribution in [0.3, 0.4) is 0 Å². The number of aliphatic hydroxyl groups is 1. The molecule has 0 amide bonds. The van der Waals surface area contributed by atoms with Crippen LogP contribution in [-0.2, 0) is 4.79 Å². The second-order valence-corrected chi connectivity index (χ2v) is 4.05. The third kappa shape index (κ3) is 2.78. The van der Waals surface area contributed by atoms with Gasteiger partial charge in [-0.15, -0.1) is 0 Å². The maximum Gasteiger partial charge on any atom is 0.170 e. The molecule has 0 saturated carbocycles. The summed E-state index contributed by atoms with van der Waals surface area (Å²) in [6.07, 6.45) is 0.823. The van der Waals surface area contributed by atoms with Crippen molar-refractivity contribution in [2.45, 2.75) is 40.7 Å². The average Bonchev–Trinajstić information content (AvgIpc) is 1.98. The van der Waals surface area contributed by atoms with Gasteiger partial charge in [0.15, 0.2) is 5.78 Å². The SMILES string of the molecule is C/C=C(\C)C(O)C(=O)C(C)(C)C. The van der Waals surface area contributed by atoms with Crippen molar-refractivity contribution in [2.24, 2.45) is 5.41 Å². The summed E-state index contributed by atoms with van der Waals surface area (Å²) in [5.74, 6) is -0.127. The van der Waals surface area contributed by atoms with E-state index in [2.05, 4.69) is 0 Å². The lowest BCUT2D eigenvalue weighted by Gasteiger charge is -2.21. The number of Topliss-reactive ketones (excluding diaryl/α,β-unsaturated/α-hetero) is 1. The van der Waals surface area contributed by atoms with Crippen LogP contribution in [0.25, 0.3) is 0 Å². The quantitative estimate of drug-likeness (QED) is 0.643. The first-order chi connectivity index (χ1) is 5.30. The Bertz CT molecular complexity index is 196. The molecule has 1 atom stereocenters. The highest BCUT2D eigenvalue weighted by Gasteiger charge is 2.28. The van der Waals surface area contributed by atoms with Crippen LogP contribution in [0.15, 0.2) is 11.6 Å². The number of allylic oxidation sites excluding steroid dienone is 1. The molecule has 1 unspecified atom stereocenters. The highest BCUT2D eigenvalue weighted by molar-refractivity contribution is 5.90. The van der Waals surface area contributed by atoms with Gasteiger partial charge in [-0.2, -0.15) is 0 Å². The summed E-state index contributed by atoms with van der Waals surface area (Å²) in [6, 6.07) is 0. The molecule has 0 aromatic rings. The number of carbonyl (C=O) groups is 1. The minimum absolute atomic E-state index is 0.127. The van der Waals surface area contributed by atoms with E-state index in [1.54, 1.807) is 13.0 Å². The highest BCUT2D eigenvalue weighted by Crippen LogP contribution is 2.19. The summed E-state index contributed by atoms with van der Waals surface area (Å²) in [5, 5.41) is 9.50. The lowest BCUT2D eigenvalue weighted by Crippen LogP contribution is -2.33. The van der Waals surface area contributed by atoms with Crippen LogP contribution in [-0.4, -0.2) is 17.0 Å². The normalized spacial score (nSPS) is 16.0. The molecule has 0 heterocycles. The Labute approximate surface area is 74.3 Å². The summed E-state index contributed by atoms with van der Waals surface area (Å²) in [4.78, 5) is 11.5. The van der Waals surface area contributed by atoms with Gasteiger partial charge >= 0.3 is 0 Å². The van der Waals surface area contributed by atoms with Gasteiger partial charge in [-0.3, -0.25) is 4.79 Å². The Balaban J connectivity index is 4.52. The van der Waals surface area contributed by atoms with Gasteiger partial charge in [0.05, 0.1) is 0 Å². The van der Waals surface area contributed by atoms with Crippen molar-refractivity contribution >= 4 is 5.78 Å². The molecule has 12 heavy (non-hydrogen) atoms. The van der Waals surface area contributed by atoms with E-state index in [1.807, 2.05) is 27.7 Å². The number of hydrogen-bond donors (Lipinski definition) is 1. The van der Waals surface area contributed by atoms with Gasteiger partial charge in [-0.05, 0) is 19.4 Å². The van der Waals surface area contributed by atoms with Gasteiger partial charge in [-0.1, -0.05) is 26.8 Å². The van der Waals surface area contributed by atoms with Crippen LogP contribution >= 0.6 is 0 Å². The molecular formula is C10H18O2. The van der Waals surface area contributed by atoms with Crippen LogP contribution in [0.4, 0.5) is 0 Å². The molecule has 0 aliphatic carbocycles. The number of carbonyl (C=O) groups excluding carboxylic acids is 1. The zero-order chi connectivity index (χ0) is 9.94. The zero-order valence-electron chi connectivity index (χ0n) is 8.51. The molecule has 0 fully saturated rings. The lowest BCUT2D eigenvalue weighted by atomic mass is 9.85. The fourth-order valence-corrected chi connectivity index (χ4v) is 0.775. The molecule has 2 heteroatoms. The minimum atomic E-state index is -0.935. The lowest BCUT2D eigenvalue weighted by molar-refractivity contribution is -0.133. The summed E-state index contributed by atoms with van der Waals surface area (Å²) >= 11 is 0. The van der Waals surface area contributed by atoms with Crippen molar-refractivity contribution in [1.29, 1.82) is 0 Å². The van der Waals surface area contributed by atoms with Crippen molar-refractivity contribution in [3.8, 4) is 0 Å². The number of aliphatic hydroxyl groups excluding tert-OH is 1. The second kappa shape index (κ2) is 3.85. The Hall–Kier alpha value is -0.630. The molecule has 0 aliphatic heterocycles.